The second-order valence-corrected chi connectivity index (χ2v) is 5.95. The lowest BCUT2D eigenvalue weighted by molar-refractivity contribution is 0.0129. The Bertz CT molecular complexity index is 693. The Hall–Kier alpha value is -2.18. The summed E-state index contributed by atoms with van der Waals surface area (Å²) in [5.41, 5.74) is 0.0300. The number of aryl methyl sites for hydroxylation is 1. The van der Waals surface area contributed by atoms with E-state index in [-0.39, 0.29) is 5.69 Å². The van der Waals surface area contributed by atoms with Crippen molar-refractivity contribution in [3.63, 3.8) is 0 Å². The number of rotatable bonds is 4. The lowest BCUT2D eigenvalue weighted by Gasteiger charge is -2.13. The van der Waals surface area contributed by atoms with Gasteiger partial charge in [0.25, 0.3) is 5.92 Å². The predicted molar refractivity (Wildman–Crippen MR) is 83.2 cm³/mol. The standard InChI is InChI=1S/C16H19F2N5/c1-10-19-14(12-8-5-9-13(22-12)16(2,17)18)23-15(20-10)21-11-6-3-4-7-11/h5,8-9,11H,3-4,6-7H2,1-2H3,(H,19,20,21,23). The van der Waals surface area contributed by atoms with Gasteiger partial charge in [0, 0.05) is 13.0 Å². The highest BCUT2D eigenvalue weighted by atomic mass is 19.3. The molecular weight excluding hydrogens is 300 g/mol. The van der Waals surface area contributed by atoms with E-state index in [1.165, 1.54) is 25.0 Å². The first-order valence-corrected chi connectivity index (χ1v) is 7.77. The monoisotopic (exact) mass is 319 g/mol. The van der Waals surface area contributed by atoms with E-state index >= 15 is 0 Å². The smallest absolute Gasteiger partial charge is 0.286 e. The van der Waals surface area contributed by atoms with Crippen LogP contribution < -0.4 is 5.32 Å². The van der Waals surface area contributed by atoms with E-state index in [4.69, 9.17) is 0 Å². The zero-order valence-corrected chi connectivity index (χ0v) is 13.2. The predicted octanol–water partition coefficient (Wildman–Crippen LogP) is 3.71. The number of alkyl halides is 2. The van der Waals surface area contributed by atoms with Crippen LogP contribution in [-0.4, -0.2) is 26.0 Å². The van der Waals surface area contributed by atoms with Gasteiger partial charge in [0.1, 0.15) is 17.2 Å². The van der Waals surface area contributed by atoms with Crippen molar-refractivity contribution in [1.29, 1.82) is 0 Å². The van der Waals surface area contributed by atoms with Gasteiger partial charge in [0.15, 0.2) is 5.82 Å². The maximum Gasteiger partial charge on any atom is 0.286 e. The van der Waals surface area contributed by atoms with E-state index in [1.807, 2.05) is 0 Å². The lowest BCUT2D eigenvalue weighted by atomic mass is 10.2. The van der Waals surface area contributed by atoms with Crippen LogP contribution in [0.25, 0.3) is 11.5 Å². The van der Waals surface area contributed by atoms with E-state index in [0.717, 1.165) is 19.8 Å². The molecule has 0 radical (unpaired) electrons. The molecule has 0 unspecified atom stereocenters. The maximum absolute atomic E-state index is 13.5. The normalized spacial score (nSPS) is 15.8. The fraction of sp³-hybridized carbons (Fsp3) is 0.500. The number of nitrogens with zero attached hydrogens (tertiary/aromatic N) is 4. The third-order valence-electron chi connectivity index (χ3n) is 3.86. The Kier molecular flexibility index (Phi) is 4.19. The Morgan fingerprint density at radius 2 is 1.83 bits per heavy atom. The number of hydrogen-bond acceptors (Lipinski definition) is 5. The molecule has 7 heteroatoms. The van der Waals surface area contributed by atoms with E-state index in [2.05, 4.69) is 25.3 Å². The number of halogens is 2. The molecule has 2 aromatic heterocycles. The number of pyridine rings is 1. The van der Waals surface area contributed by atoms with Gasteiger partial charge in [-0.05, 0) is 31.9 Å². The van der Waals surface area contributed by atoms with Gasteiger partial charge in [0.2, 0.25) is 5.95 Å². The highest BCUT2D eigenvalue weighted by Gasteiger charge is 2.26. The van der Waals surface area contributed by atoms with E-state index in [0.29, 0.717) is 29.3 Å². The molecule has 0 atom stereocenters. The molecule has 0 aliphatic heterocycles. The van der Waals surface area contributed by atoms with Gasteiger partial charge in [-0.15, -0.1) is 0 Å². The summed E-state index contributed by atoms with van der Waals surface area (Å²) in [4.78, 5) is 16.9. The summed E-state index contributed by atoms with van der Waals surface area (Å²) in [5.74, 6) is -1.67. The van der Waals surface area contributed by atoms with Gasteiger partial charge < -0.3 is 5.32 Å². The molecule has 0 saturated heterocycles. The first-order chi connectivity index (χ1) is 10.9. The minimum absolute atomic E-state index is 0.293. The van der Waals surface area contributed by atoms with Crippen molar-refractivity contribution < 1.29 is 8.78 Å². The molecule has 1 N–H and O–H groups in total. The van der Waals surface area contributed by atoms with Crippen molar-refractivity contribution in [1.82, 2.24) is 19.9 Å². The summed E-state index contributed by atoms with van der Waals surface area (Å²) >= 11 is 0. The first kappa shape index (κ1) is 15.7. The Morgan fingerprint density at radius 1 is 1.09 bits per heavy atom. The molecule has 0 aromatic carbocycles. The first-order valence-electron chi connectivity index (χ1n) is 7.77. The number of nitrogens with one attached hydrogen (secondary N) is 1. The molecule has 2 aromatic rings. The van der Waals surface area contributed by atoms with Gasteiger partial charge in [-0.3, -0.25) is 0 Å². The van der Waals surface area contributed by atoms with Crippen molar-refractivity contribution in [2.24, 2.45) is 0 Å². The van der Waals surface area contributed by atoms with Crippen LogP contribution in [0.15, 0.2) is 18.2 Å². The van der Waals surface area contributed by atoms with Crippen LogP contribution in [0, 0.1) is 6.92 Å². The fourth-order valence-electron chi connectivity index (χ4n) is 2.72. The number of hydrogen-bond donors (Lipinski definition) is 1. The molecule has 0 spiro atoms. The minimum Gasteiger partial charge on any atom is -0.351 e. The molecule has 5 nitrogen and oxygen atoms in total. The van der Waals surface area contributed by atoms with E-state index < -0.39 is 5.92 Å². The Morgan fingerprint density at radius 3 is 2.52 bits per heavy atom. The van der Waals surface area contributed by atoms with Crippen LogP contribution in [0.4, 0.5) is 14.7 Å². The second kappa shape index (κ2) is 6.14. The van der Waals surface area contributed by atoms with Crippen molar-refractivity contribution in [3.05, 3.63) is 29.7 Å². The van der Waals surface area contributed by atoms with Crippen molar-refractivity contribution >= 4 is 5.95 Å². The molecule has 122 valence electrons. The SMILES string of the molecule is Cc1nc(NC2CCCC2)nc(-c2cccc(C(C)(F)F)n2)n1. The van der Waals surface area contributed by atoms with Crippen LogP contribution in [0.2, 0.25) is 0 Å². The topological polar surface area (TPSA) is 63.6 Å². The summed E-state index contributed by atoms with van der Waals surface area (Å²) in [7, 11) is 0. The minimum atomic E-state index is -3.00. The molecule has 3 rings (SSSR count). The van der Waals surface area contributed by atoms with Crippen molar-refractivity contribution in [3.8, 4) is 11.5 Å². The molecule has 2 heterocycles. The molecule has 0 amide bonds. The van der Waals surface area contributed by atoms with Gasteiger partial charge in [-0.25, -0.2) is 9.97 Å². The fourth-order valence-corrected chi connectivity index (χ4v) is 2.72. The van der Waals surface area contributed by atoms with Crippen LogP contribution >= 0.6 is 0 Å². The van der Waals surface area contributed by atoms with Gasteiger partial charge in [-0.2, -0.15) is 18.7 Å². The van der Waals surface area contributed by atoms with Crippen molar-refractivity contribution in [2.45, 2.75) is 51.5 Å². The summed E-state index contributed by atoms with van der Waals surface area (Å²) in [6.07, 6.45) is 4.58. The second-order valence-electron chi connectivity index (χ2n) is 5.95. The van der Waals surface area contributed by atoms with Crippen LogP contribution in [0.1, 0.15) is 44.1 Å². The third kappa shape index (κ3) is 3.78. The summed E-state index contributed by atoms with van der Waals surface area (Å²) in [6, 6.07) is 4.83. The zero-order valence-electron chi connectivity index (χ0n) is 13.2. The van der Waals surface area contributed by atoms with Gasteiger partial charge >= 0.3 is 0 Å². The highest BCUT2D eigenvalue weighted by Crippen LogP contribution is 2.27. The zero-order chi connectivity index (χ0) is 16.4. The van der Waals surface area contributed by atoms with Gasteiger partial charge in [0.05, 0.1) is 0 Å². The van der Waals surface area contributed by atoms with Crippen LogP contribution in [0.3, 0.4) is 0 Å². The Balaban J connectivity index is 1.91. The number of aromatic nitrogens is 4. The maximum atomic E-state index is 13.5. The lowest BCUT2D eigenvalue weighted by Crippen LogP contribution is -2.18. The van der Waals surface area contributed by atoms with E-state index in [9.17, 15) is 8.78 Å². The molecular formula is C16H19F2N5. The summed E-state index contributed by atoms with van der Waals surface area (Å²) in [5, 5.41) is 3.30. The molecule has 0 bridgehead atoms. The van der Waals surface area contributed by atoms with Crippen molar-refractivity contribution in [2.75, 3.05) is 5.32 Å². The molecule has 1 aliphatic rings. The van der Waals surface area contributed by atoms with Gasteiger partial charge in [-0.1, -0.05) is 18.9 Å². The molecule has 1 fully saturated rings. The molecule has 1 saturated carbocycles. The Labute approximate surface area is 133 Å². The molecule has 23 heavy (non-hydrogen) atoms. The third-order valence-corrected chi connectivity index (χ3v) is 3.86. The summed E-state index contributed by atoms with van der Waals surface area (Å²) < 4.78 is 26.9. The summed E-state index contributed by atoms with van der Waals surface area (Å²) in [6.45, 7) is 2.58. The molecule has 1 aliphatic carbocycles. The van der Waals surface area contributed by atoms with E-state index in [1.54, 1.807) is 13.0 Å². The highest BCUT2D eigenvalue weighted by molar-refractivity contribution is 5.51. The largest absolute Gasteiger partial charge is 0.351 e. The van der Waals surface area contributed by atoms with Crippen LogP contribution in [-0.2, 0) is 5.92 Å². The average Bonchev–Trinajstić information content (AvgIpc) is 2.99. The average molecular weight is 319 g/mol. The number of anilines is 1. The van der Waals surface area contributed by atoms with Crippen LogP contribution in [0.5, 0.6) is 0 Å². The quantitative estimate of drug-likeness (QED) is 0.931.